The van der Waals surface area contributed by atoms with Crippen LogP contribution in [0, 0.1) is 5.92 Å². The lowest BCUT2D eigenvalue weighted by Crippen LogP contribution is -2.60. The van der Waals surface area contributed by atoms with E-state index < -0.39 is 5.54 Å². The van der Waals surface area contributed by atoms with E-state index in [2.05, 4.69) is 35.5 Å². The molecule has 1 fully saturated rings. The van der Waals surface area contributed by atoms with E-state index >= 15 is 0 Å². The highest BCUT2D eigenvalue weighted by atomic mass is 32.1. The van der Waals surface area contributed by atoms with Crippen molar-refractivity contribution in [2.45, 2.75) is 38.8 Å². The van der Waals surface area contributed by atoms with Crippen LogP contribution in [0.5, 0.6) is 0 Å². The molecule has 2 heterocycles. The predicted octanol–water partition coefficient (Wildman–Crippen LogP) is 1.81. The first-order valence-electron chi connectivity index (χ1n) is 7.31. The largest absolute Gasteiger partial charge is 0.368 e. The summed E-state index contributed by atoms with van der Waals surface area (Å²) in [5.41, 5.74) is 5.14. The molecule has 0 bridgehead atoms. The molecule has 0 aliphatic carbocycles. The molecule has 0 radical (unpaired) electrons. The normalized spacial score (nSPS) is 19.4. The summed E-state index contributed by atoms with van der Waals surface area (Å²) in [6.07, 6.45) is 1.61. The summed E-state index contributed by atoms with van der Waals surface area (Å²) < 4.78 is 0. The smallest absolute Gasteiger partial charge is 0.237 e. The van der Waals surface area contributed by atoms with Crippen molar-refractivity contribution < 1.29 is 4.79 Å². The lowest BCUT2D eigenvalue weighted by atomic mass is 9.86. The van der Waals surface area contributed by atoms with Crippen LogP contribution in [0.1, 0.15) is 31.6 Å². The van der Waals surface area contributed by atoms with Gasteiger partial charge in [0.25, 0.3) is 0 Å². The molecule has 4 nitrogen and oxygen atoms in total. The molecule has 1 saturated heterocycles. The summed E-state index contributed by atoms with van der Waals surface area (Å²) in [6, 6.07) is 4.12. The standard InChI is InChI=1S/C15H25N3OS/c1-12(2)11-18-7-5-15(6-8-18,14(16)19)17-10-13-4-3-9-20-13/h3-4,9,12,17H,5-8,10-11H2,1-2H3,(H2,16,19). The van der Waals surface area contributed by atoms with Gasteiger partial charge in [0.15, 0.2) is 0 Å². The van der Waals surface area contributed by atoms with E-state index in [0.29, 0.717) is 5.92 Å². The number of primary amides is 1. The molecule has 1 aromatic heterocycles. The first-order valence-corrected chi connectivity index (χ1v) is 8.19. The SMILES string of the molecule is CC(C)CN1CCC(NCc2cccs2)(C(N)=O)CC1. The van der Waals surface area contributed by atoms with Crippen molar-refractivity contribution in [1.82, 2.24) is 10.2 Å². The molecule has 3 N–H and O–H groups in total. The van der Waals surface area contributed by atoms with Gasteiger partial charge in [-0.1, -0.05) is 19.9 Å². The maximum absolute atomic E-state index is 11.9. The first-order chi connectivity index (χ1) is 9.52. The number of hydrogen-bond acceptors (Lipinski definition) is 4. The molecule has 1 aliphatic rings. The highest BCUT2D eigenvalue weighted by Gasteiger charge is 2.39. The van der Waals surface area contributed by atoms with E-state index in [1.54, 1.807) is 11.3 Å². The third-order valence-corrected chi connectivity index (χ3v) is 4.86. The topological polar surface area (TPSA) is 58.4 Å². The van der Waals surface area contributed by atoms with Crippen molar-refractivity contribution in [1.29, 1.82) is 0 Å². The number of hydrogen-bond donors (Lipinski definition) is 2. The number of carbonyl (C=O) groups is 1. The highest BCUT2D eigenvalue weighted by Crippen LogP contribution is 2.24. The van der Waals surface area contributed by atoms with Gasteiger partial charge < -0.3 is 10.6 Å². The number of nitrogens with two attached hydrogens (primary N) is 1. The molecule has 2 rings (SSSR count). The Labute approximate surface area is 125 Å². The van der Waals surface area contributed by atoms with Crippen LogP contribution in [0.2, 0.25) is 0 Å². The van der Waals surface area contributed by atoms with Crippen LogP contribution in [-0.2, 0) is 11.3 Å². The molecule has 0 saturated carbocycles. The first kappa shape index (κ1) is 15.5. The lowest BCUT2D eigenvalue weighted by molar-refractivity contribution is -0.126. The second kappa shape index (κ2) is 6.70. The van der Waals surface area contributed by atoms with Crippen molar-refractivity contribution in [2.75, 3.05) is 19.6 Å². The van der Waals surface area contributed by atoms with E-state index in [4.69, 9.17) is 5.73 Å². The number of piperidine rings is 1. The number of rotatable bonds is 6. The fourth-order valence-electron chi connectivity index (χ4n) is 2.81. The minimum Gasteiger partial charge on any atom is -0.368 e. The molecular weight excluding hydrogens is 270 g/mol. The van der Waals surface area contributed by atoms with Gasteiger partial charge in [-0.3, -0.25) is 10.1 Å². The van der Waals surface area contributed by atoms with Crippen molar-refractivity contribution >= 4 is 17.2 Å². The maximum atomic E-state index is 11.9. The number of nitrogens with zero attached hydrogens (tertiary/aromatic N) is 1. The molecule has 0 aromatic carbocycles. The predicted molar refractivity (Wildman–Crippen MR) is 83.6 cm³/mol. The average molecular weight is 295 g/mol. The van der Waals surface area contributed by atoms with Crippen LogP contribution in [-0.4, -0.2) is 36.0 Å². The summed E-state index contributed by atoms with van der Waals surface area (Å²) in [5.74, 6) is 0.452. The third-order valence-electron chi connectivity index (χ3n) is 3.99. The monoisotopic (exact) mass is 295 g/mol. The summed E-state index contributed by atoms with van der Waals surface area (Å²) in [4.78, 5) is 15.6. The van der Waals surface area contributed by atoms with Crippen molar-refractivity contribution in [2.24, 2.45) is 11.7 Å². The minimum absolute atomic E-state index is 0.210. The van der Waals surface area contributed by atoms with Gasteiger partial charge in [0, 0.05) is 31.1 Å². The molecule has 1 aliphatic heterocycles. The number of amides is 1. The molecule has 0 unspecified atom stereocenters. The molecule has 5 heteroatoms. The van der Waals surface area contributed by atoms with Gasteiger partial charge in [0.2, 0.25) is 5.91 Å². The Bertz CT molecular complexity index is 422. The quantitative estimate of drug-likeness (QED) is 0.841. The van der Waals surface area contributed by atoms with Gasteiger partial charge in [-0.25, -0.2) is 0 Å². The highest BCUT2D eigenvalue weighted by molar-refractivity contribution is 7.09. The van der Waals surface area contributed by atoms with Crippen molar-refractivity contribution in [3.63, 3.8) is 0 Å². The molecule has 0 atom stereocenters. The second-order valence-electron chi connectivity index (χ2n) is 6.07. The van der Waals surface area contributed by atoms with Crippen molar-refractivity contribution in [3.05, 3.63) is 22.4 Å². The molecular formula is C15H25N3OS. The Balaban J connectivity index is 1.93. The number of thiophene rings is 1. The molecule has 20 heavy (non-hydrogen) atoms. The van der Waals surface area contributed by atoms with Crippen LogP contribution < -0.4 is 11.1 Å². The zero-order valence-electron chi connectivity index (χ0n) is 12.4. The van der Waals surface area contributed by atoms with E-state index in [9.17, 15) is 4.79 Å². The molecule has 0 spiro atoms. The number of carbonyl (C=O) groups excluding carboxylic acids is 1. The van der Waals surface area contributed by atoms with Gasteiger partial charge in [0.1, 0.15) is 5.54 Å². The van der Waals surface area contributed by atoms with Crippen molar-refractivity contribution in [3.8, 4) is 0 Å². The Hall–Kier alpha value is -0.910. The molecule has 1 aromatic rings. The molecule has 112 valence electrons. The lowest BCUT2D eigenvalue weighted by Gasteiger charge is -2.40. The van der Waals surface area contributed by atoms with Crippen LogP contribution >= 0.6 is 11.3 Å². The minimum atomic E-state index is -0.530. The van der Waals surface area contributed by atoms with Crippen LogP contribution in [0.4, 0.5) is 0 Å². The average Bonchev–Trinajstić information content (AvgIpc) is 2.90. The van der Waals surface area contributed by atoms with E-state index in [-0.39, 0.29) is 5.91 Å². The Kier molecular flexibility index (Phi) is 5.18. The summed E-state index contributed by atoms with van der Waals surface area (Å²) in [5, 5.41) is 5.47. The molecule has 1 amide bonds. The van der Waals surface area contributed by atoms with Gasteiger partial charge in [-0.15, -0.1) is 11.3 Å². The zero-order chi connectivity index (χ0) is 14.6. The maximum Gasteiger partial charge on any atom is 0.237 e. The Morgan fingerprint density at radius 3 is 2.70 bits per heavy atom. The van der Waals surface area contributed by atoms with Gasteiger partial charge >= 0.3 is 0 Å². The summed E-state index contributed by atoms with van der Waals surface area (Å²) in [6.45, 7) is 8.16. The summed E-state index contributed by atoms with van der Waals surface area (Å²) >= 11 is 1.71. The van der Waals surface area contributed by atoms with Gasteiger partial charge in [-0.2, -0.15) is 0 Å². The van der Waals surface area contributed by atoms with Gasteiger partial charge in [0.05, 0.1) is 0 Å². The van der Waals surface area contributed by atoms with Crippen LogP contribution in [0.15, 0.2) is 17.5 Å². The third kappa shape index (κ3) is 3.81. The number of likely N-dealkylation sites (tertiary alicyclic amines) is 1. The number of nitrogens with one attached hydrogen (secondary N) is 1. The second-order valence-corrected chi connectivity index (χ2v) is 7.11. The Morgan fingerprint density at radius 2 is 2.20 bits per heavy atom. The van der Waals surface area contributed by atoms with E-state index in [0.717, 1.165) is 39.0 Å². The fraction of sp³-hybridized carbons (Fsp3) is 0.667. The van der Waals surface area contributed by atoms with Crippen LogP contribution in [0.25, 0.3) is 0 Å². The summed E-state index contributed by atoms with van der Waals surface area (Å²) in [7, 11) is 0. The zero-order valence-corrected chi connectivity index (χ0v) is 13.2. The van der Waals surface area contributed by atoms with Crippen LogP contribution in [0.3, 0.4) is 0 Å². The van der Waals surface area contributed by atoms with E-state index in [1.807, 2.05) is 6.07 Å². The Morgan fingerprint density at radius 1 is 1.50 bits per heavy atom. The van der Waals surface area contributed by atoms with E-state index in [1.165, 1.54) is 4.88 Å². The van der Waals surface area contributed by atoms with Gasteiger partial charge in [-0.05, 0) is 30.2 Å². The fourth-order valence-corrected chi connectivity index (χ4v) is 3.46.